The van der Waals surface area contributed by atoms with Crippen molar-refractivity contribution in [2.45, 2.75) is 43.4 Å². The average Bonchev–Trinajstić information content (AvgIpc) is 2.76. The molecule has 0 saturated carbocycles. The number of aliphatic carboxylic acids is 2. The fourth-order valence-corrected chi connectivity index (χ4v) is 2.92. The van der Waals surface area contributed by atoms with Crippen LogP contribution in [0, 0.1) is 0 Å². The summed E-state index contributed by atoms with van der Waals surface area (Å²) in [7, 11) is 0. The van der Waals surface area contributed by atoms with Crippen molar-refractivity contribution < 1.29 is 39.0 Å². The van der Waals surface area contributed by atoms with E-state index in [1.807, 2.05) is 0 Å². The van der Waals surface area contributed by atoms with Crippen LogP contribution in [0.5, 0.6) is 0 Å². The van der Waals surface area contributed by atoms with Crippen LogP contribution in [0.1, 0.15) is 18.4 Å². The second-order valence-corrected chi connectivity index (χ2v) is 7.63. The van der Waals surface area contributed by atoms with Crippen LogP contribution in [0.25, 0.3) is 0 Å². The summed E-state index contributed by atoms with van der Waals surface area (Å²) in [5.41, 5.74) is 11.3. The number of hydrogen-bond donors (Lipinski definition) is 8. The molecule has 1 aromatic carbocycles. The summed E-state index contributed by atoms with van der Waals surface area (Å²) in [5.74, 6) is -6.89. The Morgan fingerprint density at radius 3 is 1.79 bits per heavy atom. The monoisotopic (exact) mass is 497 g/mol. The molecule has 34 heavy (non-hydrogen) atoms. The van der Waals surface area contributed by atoms with E-state index >= 15 is 0 Å². The fourth-order valence-electron chi connectivity index (χ4n) is 2.75. The van der Waals surface area contributed by atoms with Crippen LogP contribution in [-0.2, 0) is 35.2 Å². The summed E-state index contributed by atoms with van der Waals surface area (Å²) < 4.78 is 0. The SMILES string of the molecule is NC(=O)CC(NC(=O)C(CC(=O)O)NC(=O)C(N)CS)C(=O)NC(Cc1ccccc1)C(=O)O. The fraction of sp³-hybridized carbons (Fsp3) is 0.400. The summed E-state index contributed by atoms with van der Waals surface area (Å²) in [4.78, 5) is 71.5. The third kappa shape index (κ3) is 9.87. The standard InChI is InChI=1S/C20H27N5O8S/c21-11(9-34)17(29)23-13(8-16(27)28)19(31)24-12(7-15(22)26)18(30)25-14(20(32)33)6-10-4-2-1-3-5-10/h1-5,11-14,34H,6-9,21H2,(H2,22,26)(H,23,29)(H,24,31)(H,25,30)(H,27,28)(H,32,33). The Morgan fingerprint density at radius 1 is 0.824 bits per heavy atom. The van der Waals surface area contributed by atoms with Gasteiger partial charge >= 0.3 is 11.9 Å². The summed E-state index contributed by atoms with van der Waals surface area (Å²) in [5, 5.41) is 25.0. The lowest BCUT2D eigenvalue weighted by molar-refractivity contribution is -0.143. The van der Waals surface area contributed by atoms with Crippen LogP contribution in [0.3, 0.4) is 0 Å². The Balaban J connectivity index is 3.01. The molecule has 4 atom stereocenters. The maximum absolute atomic E-state index is 12.7. The predicted molar refractivity (Wildman–Crippen MR) is 121 cm³/mol. The number of carboxylic acids is 2. The molecular formula is C20H27N5O8S. The van der Waals surface area contributed by atoms with E-state index in [1.54, 1.807) is 30.3 Å². The van der Waals surface area contributed by atoms with Crippen LogP contribution in [0.2, 0.25) is 0 Å². The highest BCUT2D eigenvalue weighted by Gasteiger charge is 2.32. The highest BCUT2D eigenvalue weighted by atomic mass is 32.1. The van der Waals surface area contributed by atoms with Gasteiger partial charge in [-0.15, -0.1) is 0 Å². The van der Waals surface area contributed by atoms with Gasteiger partial charge in [0.15, 0.2) is 0 Å². The largest absolute Gasteiger partial charge is 0.481 e. The van der Waals surface area contributed by atoms with Gasteiger partial charge in [-0.05, 0) is 5.56 Å². The second-order valence-electron chi connectivity index (χ2n) is 7.27. The van der Waals surface area contributed by atoms with Crippen molar-refractivity contribution in [2.75, 3.05) is 5.75 Å². The van der Waals surface area contributed by atoms with Crippen molar-refractivity contribution in [2.24, 2.45) is 11.5 Å². The van der Waals surface area contributed by atoms with Gasteiger partial charge in [-0.3, -0.25) is 24.0 Å². The number of carboxylic acid groups (broad SMARTS) is 2. The molecule has 4 unspecified atom stereocenters. The van der Waals surface area contributed by atoms with Gasteiger partial charge in [0.2, 0.25) is 23.6 Å². The number of carbonyl (C=O) groups excluding carboxylic acids is 4. The minimum absolute atomic E-state index is 0.0849. The van der Waals surface area contributed by atoms with Gasteiger partial charge in [0.05, 0.1) is 18.9 Å². The molecule has 0 aliphatic rings. The second kappa shape index (κ2) is 13.8. The van der Waals surface area contributed by atoms with Gasteiger partial charge in [0.1, 0.15) is 18.1 Å². The highest BCUT2D eigenvalue weighted by molar-refractivity contribution is 7.80. The van der Waals surface area contributed by atoms with Gasteiger partial charge in [-0.1, -0.05) is 30.3 Å². The van der Waals surface area contributed by atoms with Gasteiger partial charge in [0, 0.05) is 12.2 Å². The predicted octanol–water partition coefficient (Wildman–Crippen LogP) is -2.62. The van der Waals surface area contributed by atoms with E-state index in [-0.39, 0.29) is 12.2 Å². The summed E-state index contributed by atoms with van der Waals surface area (Å²) >= 11 is 3.85. The Labute approximate surface area is 200 Å². The lowest BCUT2D eigenvalue weighted by Crippen LogP contribution is -2.58. The maximum atomic E-state index is 12.7. The Kier molecular flexibility index (Phi) is 11.5. The van der Waals surface area contributed by atoms with Crippen LogP contribution in [0.4, 0.5) is 0 Å². The van der Waals surface area contributed by atoms with E-state index in [0.717, 1.165) is 0 Å². The van der Waals surface area contributed by atoms with Gasteiger partial charge in [-0.25, -0.2) is 4.79 Å². The van der Waals surface area contributed by atoms with Crippen molar-refractivity contribution in [1.82, 2.24) is 16.0 Å². The molecule has 1 rings (SSSR count). The number of carbonyl (C=O) groups is 6. The quantitative estimate of drug-likeness (QED) is 0.125. The summed E-state index contributed by atoms with van der Waals surface area (Å²) in [6.45, 7) is 0. The Morgan fingerprint density at radius 2 is 1.32 bits per heavy atom. The van der Waals surface area contributed by atoms with Crippen molar-refractivity contribution >= 4 is 48.2 Å². The number of thiol groups is 1. The average molecular weight is 498 g/mol. The first-order valence-corrected chi connectivity index (χ1v) is 10.6. The van der Waals surface area contributed by atoms with Crippen LogP contribution < -0.4 is 27.4 Å². The number of benzene rings is 1. The van der Waals surface area contributed by atoms with Gasteiger partial charge < -0.3 is 37.6 Å². The van der Waals surface area contributed by atoms with Gasteiger partial charge in [-0.2, -0.15) is 12.6 Å². The minimum atomic E-state index is -1.64. The molecule has 0 saturated heterocycles. The molecular weight excluding hydrogens is 470 g/mol. The van der Waals surface area contributed by atoms with E-state index < -0.39 is 72.6 Å². The van der Waals surface area contributed by atoms with Crippen molar-refractivity contribution in [3.8, 4) is 0 Å². The zero-order valence-electron chi connectivity index (χ0n) is 18.0. The molecule has 186 valence electrons. The lowest BCUT2D eigenvalue weighted by atomic mass is 10.0. The van der Waals surface area contributed by atoms with E-state index in [0.29, 0.717) is 5.56 Å². The van der Waals surface area contributed by atoms with Crippen LogP contribution in [0.15, 0.2) is 30.3 Å². The number of hydrogen-bond acceptors (Lipinski definition) is 8. The zero-order chi connectivity index (χ0) is 25.8. The Hall–Kier alpha value is -3.65. The van der Waals surface area contributed by atoms with E-state index in [1.165, 1.54) is 0 Å². The summed E-state index contributed by atoms with van der Waals surface area (Å²) in [6.07, 6.45) is -1.65. The number of amides is 4. The normalized spacial score (nSPS) is 14.1. The summed E-state index contributed by atoms with van der Waals surface area (Å²) in [6, 6.07) is 2.60. The molecule has 0 fully saturated rings. The number of primary amides is 1. The van der Waals surface area contributed by atoms with E-state index in [9.17, 15) is 33.9 Å². The maximum Gasteiger partial charge on any atom is 0.326 e. The third-order valence-corrected chi connectivity index (χ3v) is 4.87. The Bertz CT molecular complexity index is 913. The first-order chi connectivity index (χ1) is 15.9. The van der Waals surface area contributed by atoms with Crippen molar-refractivity contribution in [3.63, 3.8) is 0 Å². The molecule has 0 heterocycles. The van der Waals surface area contributed by atoms with Crippen molar-refractivity contribution in [1.29, 1.82) is 0 Å². The third-order valence-electron chi connectivity index (χ3n) is 4.48. The molecule has 0 spiro atoms. The molecule has 0 aliphatic heterocycles. The highest BCUT2D eigenvalue weighted by Crippen LogP contribution is 2.05. The first-order valence-electron chi connectivity index (χ1n) is 9.99. The number of rotatable bonds is 14. The lowest BCUT2D eigenvalue weighted by Gasteiger charge is -2.24. The first kappa shape index (κ1) is 28.4. The molecule has 14 heteroatoms. The van der Waals surface area contributed by atoms with Gasteiger partial charge in [0.25, 0.3) is 0 Å². The molecule has 4 amide bonds. The molecule has 13 nitrogen and oxygen atoms in total. The zero-order valence-corrected chi connectivity index (χ0v) is 18.9. The molecule has 0 radical (unpaired) electrons. The smallest absolute Gasteiger partial charge is 0.326 e. The van der Waals surface area contributed by atoms with Crippen LogP contribution >= 0.6 is 12.6 Å². The topological polar surface area (TPSA) is 231 Å². The molecule has 1 aromatic rings. The van der Waals surface area contributed by atoms with E-state index in [2.05, 4.69) is 28.6 Å². The molecule has 0 bridgehead atoms. The molecule has 0 aliphatic carbocycles. The van der Waals surface area contributed by atoms with E-state index in [4.69, 9.17) is 16.6 Å². The number of nitrogens with two attached hydrogens (primary N) is 2. The molecule has 9 N–H and O–H groups in total. The van der Waals surface area contributed by atoms with Crippen molar-refractivity contribution in [3.05, 3.63) is 35.9 Å². The minimum Gasteiger partial charge on any atom is -0.481 e. The number of nitrogens with one attached hydrogen (secondary N) is 3. The van der Waals surface area contributed by atoms with Crippen LogP contribution in [-0.4, -0.2) is 75.7 Å². The molecule has 0 aromatic heterocycles.